The van der Waals surface area contributed by atoms with E-state index in [1.165, 1.54) is 18.2 Å². The average Bonchev–Trinajstić information content (AvgIpc) is 3.71. The van der Waals surface area contributed by atoms with Crippen molar-refractivity contribution < 1.29 is 23.1 Å². The average molecular weight is 480 g/mol. The molecule has 2 saturated carbocycles. The molecule has 4 N–H and O–H groups in total. The number of hydrogen-bond donors (Lipinski definition) is 4. The van der Waals surface area contributed by atoms with E-state index < -0.39 is 21.4 Å². The molecule has 1 amide bonds. The second-order valence-electron chi connectivity index (χ2n) is 8.88. The number of nitrogens with zero attached hydrogens (tertiary/aromatic N) is 2. The topological polar surface area (TPSA) is 165 Å². The van der Waals surface area contributed by atoms with Crippen molar-refractivity contribution in [2.45, 2.75) is 25.7 Å². The molecule has 2 fully saturated rings. The van der Waals surface area contributed by atoms with E-state index in [0.717, 1.165) is 12.8 Å². The van der Waals surface area contributed by atoms with Crippen LogP contribution in [0.1, 0.15) is 36.0 Å². The maximum atomic E-state index is 12.5. The molecule has 5 rings (SSSR count). The van der Waals surface area contributed by atoms with Crippen molar-refractivity contribution in [2.75, 3.05) is 15.8 Å². The van der Waals surface area contributed by atoms with Crippen LogP contribution in [0.15, 0.2) is 36.5 Å². The summed E-state index contributed by atoms with van der Waals surface area (Å²) in [6, 6.07) is 9.67. The number of H-pyrrole nitrogens is 1. The molecule has 3 aromatic rings. The monoisotopic (exact) mass is 479 g/mol. The largest absolute Gasteiger partial charge is 0.478 e. The first kappa shape index (κ1) is 21.9. The summed E-state index contributed by atoms with van der Waals surface area (Å²) >= 11 is 0. The summed E-state index contributed by atoms with van der Waals surface area (Å²) in [6.07, 6.45) is 4.38. The molecular formula is C23H21N5O5S. The van der Waals surface area contributed by atoms with Crippen molar-refractivity contribution in [1.82, 2.24) is 9.97 Å². The molecule has 0 unspecified atom stereocenters. The summed E-state index contributed by atoms with van der Waals surface area (Å²) in [5.74, 6) is -1.43. The number of nitriles is 1. The maximum Gasteiger partial charge on any atom is 0.336 e. The molecular weight excluding hydrogens is 458 g/mol. The number of pyridine rings is 1. The zero-order chi connectivity index (χ0) is 24.1. The lowest BCUT2D eigenvalue weighted by Gasteiger charge is -2.14. The number of sulfonamides is 1. The van der Waals surface area contributed by atoms with Crippen molar-refractivity contribution in [3.8, 4) is 17.2 Å². The van der Waals surface area contributed by atoms with Gasteiger partial charge in [0.1, 0.15) is 11.5 Å². The fourth-order valence-electron chi connectivity index (χ4n) is 3.94. The van der Waals surface area contributed by atoms with E-state index >= 15 is 0 Å². The molecule has 34 heavy (non-hydrogen) atoms. The fraction of sp³-hybridized carbons (Fsp3) is 0.304. The SMILES string of the molecule is N#CC1(CS(=O)(=O)Nc2ccc(-c3cc(NC(=O)C4CC4)nc4[nH]ccc34)c(C(=O)O)c2)CC1. The van der Waals surface area contributed by atoms with E-state index in [1.54, 1.807) is 18.3 Å². The predicted molar refractivity (Wildman–Crippen MR) is 125 cm³/mol. The molecule has 1 aromatic carbocycles. The highest BCUT2D eigenvalue weighted by Gasteiger charge is 2.47. The van der Waals surface area contributed by atoms with Gasteiger partial charge in [0.15, 0.2) is 0 Å². The van der Waals surface area contributed by atoms with Gasteiger partial charge in [-0.05, 0) is 61.1 Å². The van der Waals surface area contributed by atoms with Crippen LogP contribution in [0, 0.1) is 22.7 Å². The number of aromatic amines is 1. The van der Waals surface area contributed by atoms with Crippen LogP contribution in [0.4, 0.5) is 11.5 Å². The number of rotatable bonds is 8. The Balaban J connectivity index is 1.51. The lowest BCUT2D eigenvalue weighted by atomic mass is 9.97. The first-order chi connectivity index (χ1) is 16.2. The van der Waals surface area contributed by atoms with E-state index in [4.69, 9.17) is 0 Å². The lowest BCUT2D eigenvalue weighted by Crippen LogP contribution is -2.23. The van der Waals surface area contributed by atoms with Crippen LogP contribution in [-0.4, -0.2) is 41.1 Å². The van der Waals surface area contributed by atoms with Gasteiger partial charge in [-0.3, -0.25) is 9.52 Å². The molecule has 2 heterocycles. The standard InChI is InChI=1S/C23H21N5O5S/c24-11-23(6-7-23)12-34(32,33)28-14-3-4-15(18(9-14)22(30)31)17-10-19(27-21(29)13-1-2-13)26-20-16(17)5-8-25-20/h3-5,8-10,13,28H,1-2,6-7,12H2,(H,30,31)(H2,25,26,27,29). The van der Waals surface area contributed by atoms with E-state index in [-0.39, 0.29) is 28.8 Å². The number of anilines is 2. The first-order valence-corrected chi connectivity index (χ1v) is 12.4. The van der Waals surface area contributed by atoms with E-state index in [0.29, 0.717) is 40.8 Å². The Bertz CT molecular complexity index is 1480. The number of carbonyl (C=O) groups excluding carboxylic acids is 1. The molecule has 2 aliphatic carbocycles. The van der Waals surface area contributed by atoms with Gasteiger partial charge in [-0.15, -0.1) is 0 Å². The lowest BCUT2D eigenvalue weighted by molar-refractivity contribution is -0.117. The van der Waals surface area contributed by atoms with Gasteiger partial charge < -0.3 is 15.4 Å². The second kappa shape index (κ2) is 7.85. The minimum atomic E-state index is -3.84. The Morgan fingerprint density at radius 1 is 1.21 bits per heavy atom. The second-order valence-corrected chi connectivity index (χ2v) is 10.6. The maximum absolute atomic E-state index is 12.5. The van der Waals surface area contributed by atoms with Crippen LogP contribution in [0.2, 0.25) is 0 Å². The molecule has 2 aliphatic rings. The molecule has 0 atom stereocenters. The zero-order valence-corrected chi connectivity index (χ0v) is 18.8. The van der Waals surface area contributed by atoms with Crippen LogP contribution in [0.3, 0.4) is 0 Å². The van der Waals surface area contributed by atoms with Gasteiger partial charge in [-0.1, -0.05) is 6.07 Å². The molecule has 11 heteroatoms. The summed E-state index contributed by atoms with van der Waals surface area (Å²) in [5.41, 5.74) is 0.479. The third-order valence-corrected chi connectivity index (χ3v) is 7.58. The Morgan fingerprint density at radius 2 is 1.97 bits per heavy atom. The Kier molecular flexibility index (Phi) is 5.06. The molecule has 0 saturated heterocycles. The molecule has 10 nitrogen and oxygen atoms in total. The minimum absolute atomic E-state index is 0.0257. The summed E-state index contributed by atoms with van der Waals surface area (Å²) in [6.45, 7) is 0. The van der Waals surface area contributed by atoms with Crippen molar-refractivity contribution in [3.05, 3.63) is 42.1 Å². The molecule has 174 valence electrons. The number of benzene rings is 1. The van der Waals surface area contributed by atoms with Crippen molar-refractivity contribution in [1.29, 1.82) is 5.26 Å². The number of aromatic carboxylic acids is 1. The highest BCUT2D eigenvalue weighted by Crippen LogP contribution is 2.46. The van der Waals surface area contributed by atoms with Gasteiger partial charge in [0.05, 0.1) is 22.8 Å². The van der Waals surface area contributed by atoms with Crippen molar-refractivity contribution in [2.24, 2.45) is 11.3 Å². The summed E-state index contributed by atoms with van der Waals surface area (Å²) < 4.78 is 27.5. The van der Waals surface area contributed by atoms with Crippen molar-refractivity contribution >= 4 is 44.4 Å². The molecule has 0 bridgehead atoms. The normalized spacial score (nSPS) is 16.6. The van der Waals surface area contributed by atoms with Gasteiger partial charge in [-0.25, -0.2) is 18.2 Å². The van der Waals surface area contributed by atoms with Crippen LogP contribution < -0.4 is 10.0 Å². The van der Waals surface area contributed by atoms with Gasteiger partial charge >= 0.3 is 5.97 Å². The number of hydrogen-bond acceptors (Lipinski definition) is 6. The quantitative estimate of drug-likeness (QED) is 0.385. The smallest absolute Gasteiger partial charge is 0.336 e. The van der Waals surface area contributed by atoms with Gasteiger partial charge in [0.2, 0.25) is 15.9 Å². The number of carbonyl (C=O) groups is 2. The highest BCUT2D eigenvalue weighted by atomic mass is 32.2. The third-order valence-electron chi connectivity index (χ3n) is 6.10. The van der Waals surface area contributed by atoms with Gasteiger partial charge in [0.25, 0.3) is 0 Å². The minimum Gasteiger partial charge on any atom is -0.478 e. The molecule has 0 radical (unpaired) electrons. The molecule has 2 aromatic heterocycles. The van der Waals surface area contributed by atoms with Gasteiger partial charge in [0, 0.05) is 23.2 Å². The molecule has 0 spiro atoms. The predicted octanol–water partition coefficient (Wildman–Crippen LogP) is 3.32. The molecule has 0 aliphatic heterocycles. The van der Waals surface area contributed by atoms with Crippen LogP contribution in [-0.2, 0) is 14.8 Å². The number of fused-ring (bicyclic) bond motifs is 1. The zero-order valence-electron chi connectivity index (χ0n) is 18.0. The Hall–Kier alpha value is -3.91. The Labute approximate surface area is 195 Å². The third kappa shape index (κ3) is 4.32. The van der Waals surface area contributed by atoms with Crippen LogP contribution >= 0.6 is 0 Å². The summed E-state index contributed by atoms with van der Waals surface area (Å²) in [7, 11) is -3.84. The van der Waals surface area contributed by atoms with E-state index in [1.807, 2.05) is 6.07 Å². The number of nitrogens with one attached hydrogen (secondary N) is 3. The number of carboxylic acids is 1. The number of aromatic nitrogens is 2. The van der Waals surface area contributed by atoms with E-state index in [9.17, 15) is 28.4 Å². The summed E-state index contributed by atoms with van der Waals surface area (Å²) in [5, 5.41) is 22.5. The van der Waals surface area contributed by atoms with Crippen molar-refractivity contribution in [3.63, 3.8) is 0 Å². The highest BCUT2D eigenvalue weighted by molar-refractivity contribution is 7.92. The Morgan fingerprint density at radius 3 is 2.62 bits per heavy atom. The summed E-state index contributed by atoms with van der Waals surface area (Å²) in [4.78, 5) is 31.7. The van der Waals surface area contributed by atoms with E-state index in [2.05, 4.69) is 20.0 Å². The number of carboxylic acid groups (broad SMARTS) is 1. The van der Waals surface area contributed by atoms with Gasteiger partial charge in [-0.2, -0.15) is 5.26 Å². The first-order valence-electron chi connectivity index (χ1n) is 10.8. The number of amides is 1. The van der Waals surface area contributed by atoms with Crippen LogP contribution in [0.5, 0.6) is 0 Å². The fourth-order valence-corrected chi connectivity index (χ4v) is 5.58. The van der Waals surface area contributed by atoms with Crippen LogP contribution in [0.25, 0.3) is 22.2 Å².